The number of likely N-dealkylation sites (tertiary alicyclic amines) is 1. The minimum atomic E-state index is -2.80. The van der Waals surface area contributed by atoms with E-state index in [4.69, 9.17) is 0 Å². The molecule has 0 aromatic heterocycles. The van der Waals surface area contributed by atoms with Crippen molar-refractivity contribution < 1.29 is 8.42 Å². The van der Waals surface area contributed by atoms with Crippen molar-refractivity contribution in [3.05, 3.63) is 0 Å². The van der Waals surface area contributed by atoms with Gasteiger partial charge in [-0.1, -0.05) is 6.42 Å². The van der Waals surface area contributed by atoms with Gasteiger partial charge in [0.1, 0.15) is 9.84 Å². The zero-order chi connectivity index (χ0) is 13.0. The van der Waals surface area contributed by atoms with Crippen molar-refractivity contribution in [3.63, 3.8) is 0 Å². The molecule has 2 saturated heterocycles. The van der Waals surface area contributed by atoms with E-state index < -0.39 is 9.84 Å². The van der Waals surface area contributed by atoms with Crippen LogP contribution in [0.5, 0.6) is 0 Å². The highest BCUT2D eigenvalue weighted by atomic mass is 32.2. The van der Waals surface area contributed by atoms with E-state index in [1.807, 2.05) is 0 Å². The number of piperidine rings is 1. The van der Waals surface area contributed by atoms with E-state index in [2.05, 4.69) is 10.2 Å². The Labute approximate surface area is 111 Å². The summed E-state index contributed by atoms with van der Waals surface area (Å²) < 4.78 is 22.4. The summed E-state index contributed by atoms with van der Waals surface area (Å²) in [6.07, 6.45) is 8.55. The monoisotopic (exact) mass is 274 g/mol. The van der Waals surface area contributed by atoms with Gasteiger partial charge in [-0.25, -0.2) is 8.42 Å². The van der Waals surface area contributed by atoms with Crippen molar-refractivity contribution in [2.24, 2.45) is 0 Å². The Kier molecular flexibility index (Phi) is 5.04. The van der Waals surface area contributed by atoms with Crippen molar-refractivity contribution in [2.75, 3.05) is 31.6 Å². The number of hydrogen-bond donors (Lipinski definition) is 1. The third kappa shape index (κ3) is 4.21. The molecule has 4 nitrogen and oxygen atoms in total. The highest BCUT2D eigenvalue weighted by Crippen LogP contribution is 2.24. The number of rotatable bonds is 5. The topological polar surface area (TPSA) is 49.4 Å². The molecular weight excluding hydrogens is 248 g/mol. The van der Waals surface area contributed by atoms with Gasteiger partial charge < -0.3 is 5.32 Å². The van der Waals surface area contributed by atoms with Gasteiger partial charge in [0.05, 0.1) is 5.75 Å². The van der Waals surface area contributed by atoms with Gasteiger partial charge in [0.2, 0.25) is 0 Å². The molecule has 0 saturated carbocycles. The van der Waals surface area contributed by atoms with Gasteiger partial charge in [-0.2, -0.15) is 0 Å². The van der Waals surface area contributed by atoms with Gasteiger partial charge in [0.25, 0.3) is 0 Å². The van der Waals surface area contributed by atoms with Crippen LogP contribution in [-0.2, 0) is 9.84 Å². The van der Waals surface area contributed by atoms with E-state index in [0.29, 0.717) is 17.8 Å². The minimum Gasteiger partial charge on any atom is -0.312 e. The fourth-order valence-electron chi connectivity index (χ4n) is 3.32. The lowest BCUT2D eigenvalue weighted by atomic mass is 9.94. The predicted molar refractivity (Wildman–Crippen MR) is 74.6 cm³/mol. The second kappa shape index (κ2) is 6.35. The molecule has 5 heteroatoms. The molecule has 18 heavy (non-hydrogen) atoms. The summed E-state index contributed by atoms with van der Waals surface area (Å²) in [5.74, 6) is 0.328. The Morgan fingerprint density at radius 1 is 1.22 bits per heavy atom. The van der Waals surface area contributed by atoms with E-state index in [0.717, 1.165) is 26.1 Å². The second-order valence-corrected chi connectivity index (χ2v) is 8.05. The van der Waals surface area contributed by atoms with Crippen molar-refractivity contribution in [1.29, 1.82) is 0 Å². The molecule has 2 aliphatic heterocycles. The summed E-state index contributed by atoms with van der Waals surface area (Å²) in [7, 11) is -2.80. The quantitative estimate of drug-likeness (QED) is 0.813. The summed E-state index contributed by atoms with van der Waals surface area (Å²) in [5, 5.41) is 3.60. The van der Waals surface area contributed by atoms with Crippen molar-refractivity contribution in [2.45, 2.75) is 50.6 Å². The smallest absolute Gasteiger partial charge is 0.147 e. The maximum Gasteiger partial charge on any atom is 0.147 e. The van der Waals surface area contributed by atoms with Crippen molar-refractivity contribution in [1.82, 2.24) is 10.2 Å². The molecule has 0 aromatic carbocycles. The Morgan fingerprint density at radius 2 is 2.06 bits per heavy atom. The van der Waals surface area contributed by atoms with Crippen LogP contribution in [0.2, 0.25) is 0 Å². The molecule has 0 spiro atoms. The summed E-state index contributed by atoms with van der Waals surface area (Å²) in [6, 6.07) is 1.28. The van der Waals surface area contributed by atoms with Gasteiger partial charge in [0.15, 0.2) is 0 Å². The highest BCUT2D eigenvalue weighted by Gasteiger charge is 2.31. The fourth-order valence-corrected chi connectivity index (χ4v) is 3.97. The Morgan fingerprint density at radius 3 is 2.72 bits per heavy atom. The molecular formula is C13H26N2O2S. The number of sulfone groups is 1. The normalized spacial score (nSPS) is 30.7. The second-order valence-electron chi connectivity index (χ2n) is 5.79. The van der Waals surface area contributed by atoms with Crippen LogP contribution in [0.4, 0.5) is 0 Å². The zero-order valence-electron chi connectivity index (χ0n) is 11.4. The Hall–Kier alpha value is -0.130. The fraction of sp³-hybridized carbons (Fsp3) is 1.00. The molecule has 106 valence electrons. The van der Waals surface area contributed by atoms with E-state index in [1.54, 1.807) is 0 Å². The maximum atomic E-state index is 11.2. The lowest BCUT2D eigenvalue weighted by Crippen LogP contribution is -2.50. The predicted octanol–water partition coefficient (Wildman–Crippen LogP) is 1.03. The summed E-state index contributed by atoms with van der Waals surface area (Å²) in [6.45, 7) is 3.24. The van der Waals surface area contributed by atoms with Gasteiger partial charge in [-0.3, -0.25) is 4.90 Å². The molecule has 0 radical (unpaired) electrons. The van der Waals surface area contributed by atoms with Crippen LogP contribution in [0.3, 0.4) is 0 Å². The maximum absolute atomic E-state index is 11.2. The Bertz CT molecular complexity index is 350. The molecule has 2 fully saturated rings. The van der Waals surface area contributed by atoms with E-state index in [-0.39, 0.29) is 0 Å². The minimum absolute atomic E-state index is 0.328. The first-order valence-electron chi connectivity index (χ1n) is 7.21. The molecule has 2 heterocycles. The summed E-state index contributed by atoms with van der Waals surface area (Å²) in [5.41, 5.74) is 0. The lowest BCUT2D eigenvalue weighted by Gasteiger charge is -2.39. The standard InChI is InChI=1S/C13H26N2O2S/c1-18(16,17)11-5-10-15-9-3-2-7-13(15)12-6-4-8-14-12/h12-14H,2-11H2,1H3. The zero-order valence-corrected chi connectivity index (χ0v) is 12.2. The third-order valence-electron chi connectivity index (χ3n) is 4.19. The average molecular weight is 274 g/mol. The van der Waals surface area contributed by atoms with Crippen LogP contribution in [-0.4, -0.2) is 57.0 Å². The highest BCUT2D eigenvalue weighted by molar-refractivity contribution is 7.90. The van der Waals surface area contributed by atoms with Crippen molar-refractivity contribution in [3.8, 4) is 0 Å². The number of nitrogens with one attached hydrogen (secondary N) is 1. The van der Waals surface area contributed by atoms with E-state index in [9.17, 15) is 8.42 Å². The molecule has 1 N–H and O–H groups in total. The van der Waals surface area contributed by atoms with E-state index in [1.165, 1.54) is 38.4 Å². The van der Waals surface area contributed by atoms with Gasteiger partial charge in [0, 0.05) is 18.3 Å². The SMILES string of the molecule is CS(=O)(=O)CCCN1CCCCC1C1CCCN1. The summed E-state index contributed by atoms with van der Waals surface area (Å²) in [4.78, 5) is 2.53. The van der Waals surface area contributed by atoms with Crippen LogP contribution in [0.25, 0.3) is 0 Å². The summed E-state index contributed by atoms with van der Waals surface area (Å²) >= 11 is 0. The number of nitrogens with zero attached hydrogens (tertiary/aromatic N) is 1. The van der Waals surface area contributed by atoms with Gasteiger partial charge >= 0.3 is 0 Å². The van der Waals surface area contributed by atoms with Crippen LogP contribution in [0, 0.1) is 0 Å². The van der Waals surface area contributed by atoms with Gasteiger partial charge in [-0.15, -0.1) is 0 Å². The molecule has 2 aliphatic rings. The molecule has 0 aromatic rings. The van der Waals surface area contributed by atoms with Crippen LogP contribution < -0.4 is 5.32 Å². The average Bonchev–Trinajstić information content (AvgIpc) is 2.81. The van der Waals surface area contributed by atoms with Crippen LogP contribution in [0.15, 0.2) is 0 Å². The lowest BCUT2D eigenvalue weighted by molar-refractivity contribution is 0.120. The molecule has 0 aliphatic carbocycles. The van der Waals surface area contributed by atoms with Crippen LogP contribution in [0.1, 0.15) is 38.5 Å². The van der Waals surface area contributed by atoms with E-state index >= 15 is 0 Å². The van der Waals surface area contributed by atoms with Crippen LogP contribution >= 0.6 is 0 Å². The molecule has 0 amide bonds. The first-order chi connectivity index (χ1) is 8.56. The first kappa shape index (κ1) is 14.3. The molecule has 2 atom stereocenters. The largest absolute Gasteiger partial charge is 0.312 e. The molecule has 2 unspecified atom stereocenters. The number of hydrogen-bond acceptors (Lipinski definition) is 4. The first-order valence-corrected chi connectivity index (χ1v) is 9.27. The molecule has 2 rings (SSSR count). The van der Waals surface area contributed by atoms with Crippen molar-refractivity contribution >= 4 is 9.84 Å². The molecule has 0 bridgehead atoms. The van der Waals surface area contributed by atoms with Gasteiger partial charge in [-0.05, 0) is 51.7 Å². The third-order valence-corrected chi connectivity index (χ3v) is 5.22. The Balaban J connectivity index is 1.83.